The van der Waals surface area contributed by atoms with Crippen LogP contribution >= 0.6 is 12.4 Å². The zero-order valence-corrected chi connectivity index (χ0v) is 8.86. The molecule has 3 nitrogen and oxygen atoms in total. The Morgan fingerprint density at radius 3 is 2.38 bits per heavy atom. The number of para-hydroxylation sites is 1. The average Bonchev–Trinajstić information content (AvgIpc) is 2.13. The molecule has 16 heavy (non-hydrogen) atoms. The van der Waals surface area contributed by atoms with Gasteiger partial charge in [-0.05, 0) is 12.1 Å². The van der Waals surface area contributed by atoms with Gasteiger partial charge in [-0.3, -0.25) is 5.41 Å². The van der Waals surface area contributed by atoms with Crippen LogP contribution in [0.5, 0.6) is 5.75 Å². The van der Waals surface area contributed by atoms with Gasteiger partial charge >= 0.3 is 6.18 Å². The van der Waals surface area contributed by atoms with E-state index in [2.05, 4.69) is 0 Å². The van der Waals surface area contributed by atoms with Gasteiger partial charge < -0.3 is 10.5 Å². The SMILES string of the molecule is Cl.N=C(N)COc1ccccc1C(F)(F)F. The zero-order valence-electron chi connectivity index (χ0n) is 8.04. The van der Waals surface area contributed by atoms with E-state index in [0.29, 0.717) is 0 Å². The minimum Gasteiger partial charge on any atom is -0.485 e. The van der Waals surface area contributed by atoms with E-state index < -0.39 is 11.7 Å². The molecule has 0 saturated carbocycles. The number of nitrogens with one attached hydrogen (secondary N) is 1. The Kier molecular flexibility index (Phi) is 5.10. The van der Waals surface area contributed by atoms with E-state index in [0.717, 1.165) is 6.07 Å². The molecule has 0 bridgehead atoms. The fourth-order valence-corrected chi connectivity index (χ4v) is 0.982. The molecule has 1 aromatic rings. The molecule has 0 heterocycles. The number of nitrogens with two attached hydrogens (primary N) is 1. The van der Waals surface area contributed by atoms with E-state index in [9.17, 15) is 13.2 Å². The van der Waals surface area contributed by atoms with Crippen molar-refractivity contribution in [2.24, 2.45) is 5.73 Å². The van der Waals surface area contributed by atoms with Gasteiger partial charge in [0, 0.05) is 0 Å². The first kappa shape index (κ1) is 14.6. The molecule has 1 aromatic carbocycles. The monoisotopic (exact) mass is 254 g/mol. The number of hydrogen-bond donors (Lipinski definition) is 2. The summed E-state index contributed by atoms with van der Waals surface area (Å²) in [5.41, 5.74) is 4.11. The summed E-state index contributed by atoms with van der Waals surface area (Å²) in [5.74, 6) is -0.646. The standard InChI is InChI=1S/C9H9F3N2O.ClH/c10-9(11,12)6-3-1-2-4-7(6)15-5-8(13)14;/h1-4H,5H2,(H3,13,14);1H. The highest BCUT2D eigenvalue weighted by Crippen LogP contribution is 2.35. The lowest BCUT2D eigenvalue weighted by atomic mass is 10.2. The lowest BCUT2D eigenvalue weighted by Gasteiger charge is -2.12. The molecule has 7 heteroatoms. The Morgan fingerprint density at radius 1 is 1.31 bits per heavy atom. The Hall–Kier alpha value is -1.43. The van der Waals surface area contributed by atoms with Crippen molar-refractivity contribution in [2.75, 3.05) is 6.61 Å². The van der Waals surface area contributed by atoms with Crippen molar-refractivity contribution >= 4 is 18.2 Å². The van der Waals surface area contributed by atoms with Crippen molar-refractivity contribution in [1.29, 1.82) is 5.41 Å². The molecule has 0 spiro atoms. The number of amidine groups is 1. The molecule has 0 aliphatic heterocycles. The molecule has 90 valence electrons. The van der Waals surface area contributed by atoms with Gasteiger partial charge in [0.1, 0.15) is 18.2 Å². The summed E-state index contributed by atoms with van der Waals surface area (Å²) in [7, 11) is 0. The van der Waals surface area contributed by atoms with Crippen molar-refractivity contribution in [1.82, 2.24) is 0 Å². The van der Waals surface area contributed by atoms with Gasteiger partial charge in [-0.1, -0.05) is 12.1 Å². The molecular formula is C9H10ClF3N2O. The third-order valence-corrected chi connectivity index (χ3v) is 1.58. The Balaban J connectivity index is 0.00000225. The summed E-state index contributed by atoms with van der Waals surface area (Å²) in [5, 5.41) is 6.84. The van der Waals surface area contributed by atoms with E-state index in [1.54, 1.807) is 0 Å². The quantitative estimate of drug-likeness (QED) is 0.643. The molecular weight excluding hydrogens is 245 g/mol. The van der Waals surface area contributed by atoms with Crippen LogP contribution in [-0.2, 0) is 6.18 Å². The summed E-state index contributed by atoms with van der Waals surface area (Å²) < 4.78 is 42.0. The Labute approximate surface area is 96.3 Å². The molecule has 3 N–H and O–H groups in total. The number of rotatable bonds is 3. The van der Waals surface area contributed by atoms with Gasteiger partial charge in [0.25, 0.3) is 0 Å². The Morgan fingerprint density at radius 2 is 1.88 bits per heavy atom. The average molecular weight is 255 g/mol. The number of alkyl halides is 3. The van der Waals surface area contributed by atoms with Crippen LogP contribution in [0.2, 0.25) is 0 Å². The van der Waals surface area contributed by atoms with Crippen LogP contribution in [0, 0.1) is 5.41 Å². The van der Waals surface area contributed by atoms with Gasteiger partial charge in [-0.2, -0.15) is 13.2 Å². The maximum atomic E-state index is 12.4. The first-order valence-corrected chi connectivity index (χ1v) is 4.03. The summed E-state index contributed by atoms with van der Waals surface area (Å²) in [6.07, 6.45) is -4.46. The Bertz CT molecular complexity index is 368. The fourth-order valence-electron chi connectivity index (χ4n) is 0.982. The molecule has 0 aromatic heterocycles. The minimum atomic E-state index is -4.46. The minimum absolute atomic E-state index is 0. The molecule has 0 saturated heterocycles. The van der Waals surface area contributed by atoms with Crippen molar-refractivity contribution in [3.63, 3.8) is 0 Å². The van der Waals surface area contributed by atoms with E-state index in [1.165, 1.54) is 18.2 Å². The fraction of sp³-hybridized carbons (Fsp3) is 0.222. The largest absolute Gasteiger partial charge is 0.485 e. The zero-order chi connectivity index (χ0) is 11.5. The molecule has 0 radical (unpaired) electrons. The molecule has 0 fully saturated rings. The van der Waals surface area contributed by atoms with E-state index in [1.807, 2.05) is 0 Å². The van der Waals surface area contributed by atoms with Gasteiger partial charge in [0.05, 0.1) is 5.56 Å². The van der Waals surface area contributed by atoms with Gasteiger partial charge in [0.15, 0.2) is 0 Å². The van der Waals surface area contributed by atoms with Crippen LogP contribution in [0.3, 0.4) is 0 Å². The van der Waals surface area contributed by atoms with Crippen molar-refractivity contribution in [3.8, 4) is 5.75 Å². The van der Waals surface area contributed by atoms with E-state index in [-0.39, 0.29) is 30.6 Å². The first-order valence-electron chi connectivity index (χ1n) is 4.03. The lowest BCUT2D eigenvalue weighted by molar-refractivity contribution is -0.138. The third kappa shape index (κ3) is 3.98. The van der Waals surface area contributed by atoms with Crippen molar-refractivity contribution < 1.29 is 17.9 Å². The van der Waals surface area contributed by atoms with Crippen LogP contribution < -0.4 is 10.5 Å². The van der Waals surface area contributed by atoms with Crippen LogP contribution in [0.1, 0.15) is 5.56 Å². The first-order chi connectivity index (χ1) is 6.91. The van der Waals surface area contributed by atoms with E-state index >= 15 is 0 Å². The number of benzene rings is 1. The second-order valence-corrected chi connectivity index (χ2v) is 2.81. The predicted octanol–water partition coefficient (Wildman–Crippen LogP) is 2.44. The third-order valence-electron chi connectivity index (χ3n) is 1.58. The van der Waals surface area contributed by atoms with E-state index in [4.69, 9.17) is 15.9 Å². The van der Waals surface area contributed by atoms with Crippen LogP contribution in [0.4, 0.5) is 13.2 Å². The highest BCUT2D eigenvalue weighted by Gasteiger charge is 2.33. The normalized spacial score (nSPS) is 10.4. The highest BCUT2D eigenvalue weighted by atomic mass is 35.5. The second kappa shape index (κ2) is 5.60. The summed E-state index contributed by atoms with van der Waals surface area (Å²) in [6.45, 7) is -0.354. The molecule has 0 unspecified atom stereocenters. The molecule has 0 amide bonds. The molecule has 0 atom stereocenters. The maximum Gasteiger partial charge on any atom is 0.419 e. The highest BCUT2D eigenvalue weighted by molar-refractivity contribution is 5.85. The number of halogens is 4. The lowest BCUT2D eigenvalue weighted by Crippen LogP contribution is -2.20. The smallest absolute Gasteiger partial charge is 0.419 e. The molecule has 0 aliphatic rings. The summed E-state index contributed by atoms with van der Waals surface area (Å²) in [6, 6.07) is 4.79. The molecule has 1 rings (SSSR count). The topological polar surface area (TPSA) is 59.1 Å². The van der Waals surface area contributed by atoms with Crippen molar-refractivity contribution in [3.05, 3.63) is 29.8 Å². The van der Waals surface area contributed by atoms with Gasteiger partial charge in [-0.15, -0.1) is 12.4 Å². The summed E-state index contributed by atoms with van der Waals surface area (Å²) >= 11 is 0. The predicted molar refractivity (Wildman–Crippen MR) is 56.1 cm³/mol. The van der Waals surface area contributed by atoms with Crippen LogP contribution in [0.25, 0.3) is 0 Å². The summed E-state index contributed by atoms with van der Waals surface area (Å²) in [4.78, 5) is 0. The van der Waals surface area contributed by atoms with Crippen LogP contribution in [-0.4, -0.2) is 12.4 Å². The maximum absolute atomic E-state index is 12.4. The van der Waals surface area contributed by atoms with Crippen molar-refractivity contribution in [2.45, 2.75) is 6.18 Å². The van der Waals surface area contributed by atoms with Gasteiger partial charge in [0.2, 0.25) is 0 Å². The number of hydrogen-bond acceptors (Lipinski definition) is 2. The van der Waals surface area contributed by atoms with Crippen LogP contribution in [0.15, 0.2) is 24.3 Å². The van der Waals surface area contributed by atoms with Gasteiger partial charge in [-0.25, -0.2) is 0 Å². The number of ether oxygens (including phenoxy) is 1. The molecule has 0 aliphatic carbocycles. The second-order valence-electron chi connectivity index (χ2n) is 2.81.